The van der Waals surface area contributed by atoms with E-state index in [1.165, 1.54) is 24.3 Å². The molecule has 0 aliphatic carbocycles. The summed E-state index contributed by atoms with van der Waals surface area (Å²) in [6.07, 6.45) is -0.311. The van der Waals surface area contributed by atoms with Gasteiger partial charge in [0.25, 0.3) is 11.2 Å². The molecule has 0 spiro atoms. The molecule has 0 saturated carbocycles. The van der Waals surface area contributed by atoms with Crippen LogP contribution in [0.25, 0.3) is 0 Å². The number of fused-ring (bicyclic) bond motifs is 1. The minimum atomic E-state index is -1.18. The number of amides is 2. The molecular formula is C20H15ClN6O5. The lowest BCUT2D eigenvalue weighted by Crippen LogP contribution is -2.36. The number of hydrogen-bond donors (Lipinski definition) is 4. The van der Waals surface area contributed by atoms with E-state index in [1.807, 2.05) is 0 Å². The molecule has 0 bridgehead atoms. The van der Waals surface area contributed by atoms with Crippen LogP contribution in [-0.4, -0.2) is 26.7 Å². The van der Waals surface area contributed by atoms with Crippen molar-refractivity contribution in [2.45, 2.75) is 12.3 Å². The third kappa shape index (κ3) is 4.27. The number of halogens is 1. The molecule has 162 valence electrons. The van der Waals surface area contributed by atoms with Crippen molar-refractivity contribution in [2.75, 3.05) is 16.0 Å². The standard InChI is InChI=1S/C20H15ClN6O5/c21-10-5-7-11(8-6-10)22-20-25-17-16(19(30)26-20)12(9-15(28)24-17)18(29)23-13-3-1-2-4-14(13)27(31)32/h1-8,12H,9H2,(H,23,29)(H3,22,24,25,26,28,30)/t12-/m0/s1. The van der Waals surface area contributed by atoms with Crippen LogP contribution in [0.15, 0.2) is 53.3 Å². The molecule has 2 amide bonds. The first-order valence-electron chi connectivity index (χ1n) is 9.33. The maximum Gasteiger partial charge on any atom is 0.292 e. The molecule has 12 heteroatoms. The molecule has 11 nitrogen and oxygen atoms in total. The van der Waals surface area contributed by atoms with Gasteiger partial charge in [0.2, 0.25) is 17.8 Å². The van der Waals surface area contributed by atoms with Crippen molar-refractivity contribution in [3.63, 3.8) is 0 Å². The van der Waals surface area contributed by atoms with Crippen LogP contribution in [0.5, 0.6) is 0 Å². The zero-order chi connectivity index (χ0) is 22.8. The number of carbonyl (C=O) groups excluding carboxylic acids is 2. The Morgan fingerprint density at radius 2 is 1.88 bits per heavy atom. The van der Waals surface area contributed by atoms with E-state index in [9.17, 15) is 24.5 Å². The van der Waals surface area contributed by atoms with Crippen molar-refractivity contribution in [3.8, 4) is 0 Å². The van der Waals surface area contributed by atoms with Gasteiger partial charge >= 0.3 is 0 Å². The molecule has 4 N–H and O–H groups in total. The van der Waals surface area contributed by atoms with Crippen molar-refractivity contribution in [3.05, 3.63) is 79.6 Å². The van der Waals surface area contributed by atoms with Gasteiger partial charge in [-0.1, -0.05) is 23.7 Å². The third-order valence-corrected chi connectivity index (χ3v) is 4.99. The van der Waals surface area contributed by atoms with Crippen molar-refractivity contribution >= 4 is 52.2 Å². The largest absolute Gasteiger partial charge is 0.326 e. The molecule has 2 heterocycles. The van der Waals surface area contributed by atoms with Gasteiger partial charge < -0.3 is 16.0 Å². The summed E-state index contributed by atoms with van der Waals surface area (Å²) in [7, 11) is 0. The average molecular weight is 455 g/mol. The van der Waals surface area contributed by atoms with Gasteiger partial charge in [-0.2, -0.15) is 4.98 Å². The van der Waals surface area contributed by atoms with Gasteiger partial charge in [-0.15, -0.1) is 0 Å². The molecule has 3 aromatic rings. The molecule has 0 unspecified atom stereocenters. The number of carbonyl (C=O) groups is 2. The Kier molecular flexibility index (Phi) is 5.56. The maximum atomic E-state index is 12.9. The summed E-state index contributed by atoms with van der Waals surface area (Å²) in [4.78, 5) is 55.2. The number of rotatable bonds is 5. The molecule has 1 aliphatic heterocycles. The lowest BCUT2D eigenvalue weighted by molar-refractivity contribution is -0.383. The number of nitrogens with one attached hydrogen (secondary N) is 4. The quantitative estimate of drug-likeness (QED) is 0.340. The van der Waals surface area contributed by atoms with Crippen LogP contribution in [0.4, 0.5) is 28.8 Å². The first kappa shape index (κ1) is 21.0. The molecule has 1 atom stereocenters. The van der Waals surface area contributed by atoms with Crippen LogP contribution < -0.4 is 21.5 Å². The highest BCUT2D eigenvalue weighted by atomic mass is 35.5. The van der Waals surface area contributed by atoms with E-state index in [0.717, 1.165) is 0 Å². The van der Waals surface area contributed by atoms with Crippen LogP contribution >= 0.6 is 11.6 Å². The van der Waals surface area contributed by atoms with Crippen molar-refractivity contribution < 1.29 is 14.5 Å². The third-order valence-electron chi connectivity index (χ3n) is 4.73. The summed E-state index contributed by atoms with van der Waals surface area (Å²) in [6.45, 7) is 0. The molecule has 0 saturated heterocycles. The summed E-state index contributed by atoms with van der Waals surface area (Å²) < 4.78 is 0. The number of aromatic amines is 1. The van der Waals surface area contributed by atoms with Crippen molar-refractivity contribution in [1.29, 1.82) is 0 Å². The number of aromatic nitrogens is 2. The van der Waals surface area contributed by atoms with Gasteiger partial charge in [0.15, 0.2) is 0 Å². The molecule has 32 heavy (non-hydrogen) atoms. The highest BCUT2D eigenvalue weighted by molar-refractivity contribution is 6.30. The lowest BCUT2D eigenvalue weighted by Gasteiger charge is -2.23. The summed E-state index contributed by atoms with van der Waals surface area (Å²) in [5.41, 5.74) is -0.432. The highest BCUT2D eigenvalue weighted by Crippen LogP contribution is 2.31. The zero-order valence-corrected chi connectivity index (χ0v) is 17.0. The van der Waals surface area contributed by atoms with Gasteiger partial charge in [0.1, 0.15) is 11.5 Å². The fraction of sp³-hybridized carbons (Fsp3) is 0.100. The molecule has 1 aliphatic rings. The van der Waals surface area contributed by atoms with E-state index in [-0.39, 0.29) is 35.1 Å². The molecule has 4 rings (SSSR count). The van der Waals surface area contributed by atoms with E-state index < -0.39 is 28.2 Å². The number of nitro benzene ring substituents is 1. The minimum absolute atomic E-state index is 0.0395. The van der Waals surface area contributed by atoms with Crippen molar-refractivity contribution in [1.82, 2.24) is 9.97 Å². The fourth-order valence-corrected chi connectivity index (χ4v) is 3.41. The zero-order valence-electron chi connectivity index (χ0n) is 16.2. The topological polar surface area (TPSA) is 159 Å². The van der Waals surface area contributed by atoms with Crippen LogP contribution in [0.2, 0.25) is 5.02 Å². The average Bonchev–Trinajstić information content (AvgIpc) is 2.74. The Hall–Kier alpha value is -4.25. The number of nitrogens with zero attached hydrogens (tertiary/aromatic N) is 2. The summed E-state index contributed by atoms with van der Waals surface area (Å²) in [5.74, 6) is -2.45. The predicted molar refractivity (Wildman–Crippen MR) is 117 cm³/mol. The van der Waals surface area contributed by atoms with E-state index in [1.54, 1.807) is 24.3 Å². The van der Waals surface area contributed by atoms with Gasteiger partial charge in [-0.3, -0.25) is 29.5 Å². The predicted octanol–water partition coefficient (Wildman–Crippen LogP) is 3.14. The number of para-hydroxylation sites is 2. The number of nitro groups is 1. The Morgan fingerprint density at radius 3 is 2.59 bits per heavy atom. The lowest BCUT2D eigenvalue weighted by atomic mass is 9.92. The van der Waals surface area contributed by atoms with Gasteiger partial charge in [-0.05, 0) is 30.3 Å². The molecule has 0 radical (unpaired) electrons. The minimum Gasteiger partial charge on any atom is -0.326 e. The molecule has 0 fully saturated rings. The van der Waals surface area contributed by atoms with E-state index in [0.29, 0.717) is 10.7 Å². The van der Waals surface area contributed by atoms with Gasteiger partial charge in [0, 0.05) is 23.2 Å². The SMILES string of the molecule is O=C1C[C@H](C(=O)Nc2ccccc2[N+](=O)[O-])c2c(nc(Nc3ccc(Cl)cc3)[nH]c2=O)N1. The second-order valence-corrected chi connectivity index (χ2v) is 7.31. The summed E-state index contributed by atoms with van der Waals surface area (Å²) in [6, 6.07) is 12.2. The molecular weight excluding hydrogens is 440 g/mol. The Labute approximate surface area is 185 Å². The van der Waals surface area contributed by atoms with E-state index in [2.05, 4.69) is 25.9 Å². The fourth-order valence-electron chi connectivity index (χ4n) is 3.28. The second kappa shape index (κ2) is 8.47. The summed E-state index contributed by atoms with van der Waals surface area (Å²) in [5, 5.41) is 19.6. The van der Waals surface area contributed by atoms with Crippen molar-refractivity contribution in [2.24, 2.45) is 0 Å². The first-order chi connectivity index (χ1) is 15.3. The normalized spacial score (nSPS) is 14.8. The Balaban J connectivity index is 1.65. The van der Waals surface area contributed by atoms with Gasteiger partial charge in [-0.25, -0.2) is 0 Å². The smallest absolute Gasteiger partial charge is 0.292 e. The van der Waals surface area contributed by atoms with E-state index in [4.69, 9.17) is 11.6 Å². The van der Waals surface area contributed by atoms with Crippen LogP contribution in [0, 0.1) is 10.1 Å². The Morgan fingerprint density at radius 1 is 1.16 bits per heavy atom. The van der Waals surface area contributed by atoms with E-state index >= 15 is 0 Å². The highest BCUT2D eigenvalue weighted by Gasteiger charge is 2.35. The van der Waals surface area contributed by atoms with Crippen LogP contribution in [0.1, 0.15) is 17.9 Å². The van der Waals surface area contributed by atoms with Crippen LogP contribution in [-0.2, 0) is 9.59 Å². The van der Waals surface area contributed by atoms with Gasteiger partial charge in [0.05, 0.1) is 16.4 Å². The molecule has 1 aromatic heterocycles. The number of benzene rings is 2. The Bertz CT molecular complexity index is 1290. The second-order valence-electron chi connectivity index (χ2n) is 6.88. The summed E-state index contributed by atoms with van der Waals surface area (Å²) >= 11 is 5.86. The maximum absolute atomic E-state index is 12.9. The number of anilines is 4. The number of hydrogen-bond acceptors (Lipinski definition) is 7. The van der Waals surface area contributed by atoms with Crippen LogP contribution in [0.3, 0.4) is 0 Å². The molecule has 2 aromatic carbocycles. The first-order valence-corrected chi connectivity index (χ1v) is 9.70. The monoisotopic (exact) mass is 454 g/mol. The number of H-pyrrole nitrogens is 1.